The second-order valence-corrected chi connectivity index (χ2v) is 4.64. The van der Waals surface area contributed by atoms with Gasteiger partial charge in [-0.05, 0) is 48.1 Å². The number of nitrogens with zero attached hydrogens (tertiary/aromatic N) is 1. The normalized spacial score (nSPS) is 10.6. The van der Waals surface area contributed by atoms with E-state index in [-0.39, 0.29) is 0 Å². The molecule has 0 saturated carbocycles. The van der Waals surface area contributed by atoms with Crippen LogP contribution < -0.4 is 0 Å². The molecule has 0 aromatic heterocycles. The Morgan fingerprint density at radius 1 is 0.950 bits per heavy atom. The number of rotatable bonds is 5. The molecule has 0 unspecified atom stereocenters. The van der Waals surface area contributed by atoms with Crippen LogP contribution in [0.25, 0.3) is 11.1 Å². The fraction of sp³-hybridized carbons (Fsp3) is 0.167. The van der Waals surface area contributed by atoms with Gasteiger partial charge in [-0.2, -0.15) is 5.26 Å². The van der Waals surface area contributed by atoms with Crippen LogP contribution in [0.1, 0.15) is 24.0 Å². The first-order chi connectivity index (χ1) is 9.83. The highest BCUT2D eigenvalue weighted by molar-refractivity contribution is 5.64. The Bertz CT molecular complexity index is 603. The lowest BCUT2D eigenvalue weighted by molar-refractivity contribution is 0.708. The summed E-state index contributed by atoms with van der Waals surface area (Å²) in [6.07, 6.45) is 4.83. The molecule has 2 rings (SSSR count). The molecule has 0 fully saturated rings. The highest BCUT2D eigenvalue weighted by Crippen LogP contribution is 2.20. The van der Waals surface area contributed by atoms with E-state index in [9.17, 15) is 4.39 Å². The zero-order chi connectivity index (χ0) is 14.2. The molecule has 0 radical (unpaired) electrons. The lowest BCUT2D eigenvalue weighted by atomic mass is 10.0. The second-order valence-electron chi connectivity index (χ2n) is 4.64. The fourth-order valence-corrected chi connectivity index (χ4v) is 2.09. The van der Waals surface area contributed by atoms with Crippen molar-refractivity contribution in [2.24, 2.45) is 0 Å². The zero-order valence-corrected chi connectivity index (χ0v) is 11.2. The van der Waals surface area contributed by atoms with Crippen LogP contribution in [0.15, 0.2) is 60.9 Å². The molecule has 0 N–H and O–H groups in total. The van der Waals surface area contributed by atoms with Crippen LogP contribution in [0.2, 0.25) is 0 Å². The molecule has 0 aliphatic rings. The third kappa shape index (κ3) is 3.80. The summed E-state index contributed by atoms with van der Waals surface area (Å²) in [4.78, 5) is 0. The first-order valence-electron chi connectivity index (χ1n) is 6.68. The smallest absolute Gasteiger partial charge is 0.0991 e. The van der Waals surface area contributed by atoms with Gasteiger partial charge in [0.1, 0.15) is 0 Å². The lowest BCUT2D eigenvalue weighted by Gasteiger charge is -2.04. The van der Waals surface area contributed by atoms with Gasteiger partial charge >= 0.3 is 0 Å². The zero-order valence-electron chi connectivity index (χ0n) is 11.2. The van der Waals surface area contributed by atoms with Crippen molar-refractivity contribution in [1.29, 1.82) is 5.26 Å². The summed E-state index contributed by atoms with van der Waals surface area (Å²) in [5.41, 5.74) is 4.18. The lowest BCUT2D eigenvalue weighted by Crippen LogP contribution is -1.85. The number of nitriles is 1. The summed E-state index contributed by atoms with van der Waals surface area (Å²) in [5, 5.41) is 8.78. The molecule has 2 aromatic rings. The molecule has 20 heavy (non-hydrogen) atoms. The minimum Gasteiger partial charge on any atom is -0.216 e. The molecule has 0 aliphatic heterocycles. The van der Waals surface area contributed by atoms with Crippen molar-refractivity contribution in [2.75, 3.05) is 0 Å². The van der Waals surface area contributed by atoms with Gasteiger partial charge in [0.15, 0.2) is 0 Å². The van der Waals surface area contributed by atoms with Crippen LogP contribution >= 0.6 is 0 Å². The summed E-state index contributed by atoms with van der Waals surface area (Å²) in [6, 6.07) is 18.1. The molecule has 0 amide bonds. The van der Waals surface area contributed by atoms with E-state index in [0.717, 1.165) is 30.4 Å². The SMILES string of the molecule is N#Cc1ccc(-c2ccc(CCCC=CF)cc2)cc1. The van der Waals surface area contributed by atoms with Crippen molar-refractivity contribution in [2.45, 2.75) is 19.3 Å². The van der Waals surface area contributed by atoms with E-state index in [4.69, 9.17) is 5.26 Å². The first-order valence-corrected chi connectivity index (χ1v) is 6.68. The van der Waals surface area contributed by atoms with Gasteiger partial charge in [-0.25, -0.2) is 4.39 Å². The fourth-order valence-electron chi connectivity index (χ4n) is 2.09. The molecule has 0 bridgehead atoms. The maximum absolute atomic E-state index is 11.8. The second kappa shape index (κ2) is 7.25. The Balaban J connectivity index is 2.02. The van der Waals surface area contributed by atoms with Crippen molar-refractivity contribution >= 4 is 0 Å². The standard InChI is InChI=1S/C18H16FN/c19-13-3-1-2-4-15-5-9-17(10-6-15)18-11-7-16(14-20)8-12-18/h3,5-13H,1-2,4H2. The predicted molar refractivity (Wildman–Crippen MR) is 79.8 cm³/mol. The van der Waals surface area contributed by atoms with Crippen molar-refractivity contribution in [3.8, 4) is 17.2 Å². The Labute approximate surface area is 119 Å². The molecule has 0 heterocycles. The van der Waals surface area contributed by atoms with Crippen molar-refractivity contribution in [3.63, 3.8) is 0 Å². The van der Waals surface area contributed by atoms with Gasteiger partial charge in [0.05, 0.1) is 18.0 Å². The molecular formula is C18H16FN. The molecule has 2 aromatic carbocycles. The third-order valence-corrected chi connectivity index (χ3v) is 3.23. The summed E-state index contributed by atoms with van der Waals surface area (Å²) in [6.45, 7) is 0. The van der Waals surface area contributed by atoms with Gasteiger partial charge in [0, 0.05) is 0 Å². The van der Waals surface area contributed by atoms with Gasteiger partial charge in [0.25, 0.3) is 0 Å². The number of allylic oxidation sites excluding steroid dienone is 1. The highest BCUT2D eigenvalue weighted by atomic mass is 19.1. The first kappa shape index (κ1) is 14.0. The van der Waals surface area contributed by atoms with E-state index in [1.165, 1.54) is 5.56 Å². The van der Waals surface area contributed by atoms with Crippen molar-refractivity contribution in [1.82, 2.24) is 0 Å². The molecule has 0 atom stereocenters. The molecular weight excluding hydrogens is 249 g/mol. The molecule has 2 heteroatoms. The van der Waals surface area contributed by atoms with E-state index >= 15 is 0 Å². The van der Waals surface area contributed by atoms with Gasteiger partial charge in [-0.1, -0.05) is 42.5 Å². The number of hydrogen-bond donors (Lipinski definition) is 0. The van der Waals surface area contributed by atoms with Crippen LogP contribution in [0.4, 0.5) is 4.39 Å². The predicted octanol–water partition coefficient (Wildman–Crippen LogP) is 5.03. The Kier molecular flexibility index (Phi) is 5.08. The molecule has 100 valence electrons. The van der Waals surface area contributed by atoms with Crippen LogP contribution in [0.3, 0.4) is 0 Å². The van der Waals surface area contributed by atoms with Crippen LogP contribution in [-0.4, -0.2) is 0 Å². The van der Waals surface area contributed by atoms with Gasteiger partial charge in [-0.3, -0.25) is 0 Å². The van der Waals surface area contributed by atoms with Crippen LogP contribution in [-0.2, 0) is 6.42 Å². The van der Waals surface area contributed by atoms with Gasteiger partial charge in [-0.15, -0.1) is 0 Å². The average molecular weight is 265 g/mol. The van der Waals surface area contributed by atoms with E-state index in [0.29, 0.717) is 11.9 Å². The highest BCUT2D eigenvalue weighted by Gasteiger charge is 1.99. The van der Waals surface area contributed by atoms with Gasteiger partial charge in [0.2, 0.25) is 0 Å². The average Bonchev–Trinajstić information content (AvgIpc) is 2.52. The number of aryl methyl sites for hydroxylation is 1. The number of benzene rings is 2. The van der Waals surface area contributed by atoms with E-state index in [1.54, 1.807) is 6.08 Å². The number of unbranched alkanes of at least 4 members (excludes halogenated alkanes) is 1. The van der Waals surface area contributed by atoms with E-state index < -0.39 is 0 Å². The molecule has 1 nitrogen and oxygen atoms in total. The minimum atomic E-state index is 0.605. The van der Waals surface area contributed by atoms with Gasteiger partial charge < -0.3 is 0 Å². The summed E-state index contributed by atoms with van der Waals surface area (Å²) >= 11 is 0. The molecule has 0 spiro atoms. The van der Waals surface area contributed by atoms with Crippen LogP contribution in [0.5, 0.6) is 0 Å². The minimum absolute atomic E-state index is 0.605. The third-order valence-electron chi connectivity index (χ3n) is 3.23. The molecule has 0 aliphatic carbocycles. The summed E-state index contributed by atoms with van der Waals surface area (Å²) in [7, 11) is 0. The Morgan fingerprint density at radius 2 is 1.55 bits per heavy atom. The Hall–Kier alpha value is -2.40. The maximum Gasteiger partial charge on any atom is 0.0991 e. The summed E-state index contributed by atoms with van der Waals surface area (Å²) in [5.74, 6) is 0. The number of hydrogen-bond acceptors (Lipinski definition) is 1. The maximum atomic E-state index is 11.8. The molecule has 0 saturated heterocycles. The quantitative estimate of drug-likeness (QED) is 0.695. The van der Waals surface area contributed by atoms with E-state index in [2.05, 4.69) is 30.3 Å². The van der Waals surface area contributed by atoms with Crippen molar-refractivity contribution < 1.29 is 4.39 Å². The van der Waals surface area contributed by atoms with E-state index in [1.807, 2.05) is 24.3 Å². The van der Waals surface area contributed by atoms with Crippen molar-refractivity contribution in [3.05, 3.63) is 72.1 Å². The topological polar surface area (TPSA) is 23.8 Å². The van der Waals surface area contributed by atoms with Crippen LogP contribution in [0, 0.1) is 11.3 Å². The Morgan fingerprint density at radius 3 is 2.10 bits per heavy atom. The monoisotopic (exact) mass is 265 g/mol. The number of halogens is 1. The largest absolute Gasteiger partial charge is 0.216 e. The summed E-state index contributed by atoms with van der Waals surface area (Å²) < 4.78 is 11.8.